The summed E-state index contributed by atoms with van der Waals surface area (Å²) in [6.45, 7) is 6.31. The highest BCUT2D eigenvalue weighted by Gasteiger charge is 2.14. The van der Waals surface area contributed by atoms with Crippen LogP contribution in [0.1, 0.15) is 40.0 Å². The average molecular weight is 129 g/mol. The van der Waals surface area contributed by atoms with Crippen molar-refractivity contribution >= 4 is 0 Å². The molecule has 0 saturated carbocycles. The fourth-order valence-corrected chi connectivity index (χ4v) is 0.675. The summed E-state index contributed by atoms with van der Waals surface area (Å²) in [7, 11) is 3.41. The predicted molar refractivity (Wildman–Crippen MR) is 40.0 cm³/mol. The molecular weight excluding hydrogens is 112 g/mol. The molecule has 0 unspecified atom stereocenters. The highest BCUT2D eigenvalue weighted by atomic mass is 16.5. The largest absolute Gasteiger partial charge is 0.373 e. The van der Waals surface area contributed by atoms with Gasteiger partial charge >= 0.3 is 0 Å². The van der Waals surface area contributed by atoms with Gasteiger partial charge in [-0.1, -0.05) is 19.8 Å². The summed E-state index contributed by atoms with van der Waals surface area (Å²) in [4.78, 5) is 0. The number of hydrogen-bond acceptors (Lipinski definition) is 1. The van der Waals surface area contributed by atoms with Crippen LogP contribution < -0.4 is 0 Å². The van der Waals surface area contributed by atoms with Crippen molar-refractivity contribution in [3.05, 3.63) is 7.11 Å². The van der Waals surface area contributed by atoms with E-state index in [2.05, 4.69) is 27.9 Å². The van der Waals surface area contributed by atoms with Crippen LogP contribution in [0.15, 0.2) is 0 Å². The van der Waals surface area contributed by atoms with E-state index in [9.17, 15) is 0 Å². The smallest absolute Gasteiger partial charge is 0.0708 e. The Labute approximate surface area is 58.4 Å². The highest BCUT2D eigenvalue weighted by Crippen LogP contribution is 2.16. The molecule has 0 atom stereocenters. The second-order valence-corrected chi connectivity index (χ2v) is 3.01. The first-order chi connectivity index (χ1) is 4.12. The van der Waals surface area contributed by atoms with Crippen LogP contribution in [0, 0.1) is 7.11 Å². The molecule has 0 heterocycles. The van der Waals surface area contributed by atoms with Crippen LogP contribution in [-0.4, -0.2) is 5.60 Å². The van der Waals surface area contributed by atoms with E-state index in [0.29, 0.717) is 0 Å². The lowest BCUT2D eigenvalue weighted by Crippen LogP contribution is -2.20. The Morgan fingerprint density at radius 2 is 2.00 bits per heavy atom. The molecule has 0 bridgehead atoms. The minimum absolute atomic E-state index is 0.0178. The van der Waals surface area contributed by atoms with Crippen LogP contribution >= 0.6 is 0 Å². The van der Waals surface area contributed by atoms with Crippen LogP contribution in [0.3, 0.4) is 0 Å². The van der Waals surface area contributed by atoms with Crippen LogP contribution in [0.2, 0.25) is 0 Å². The highest BCUT2D eigenvalue weighted by molar-refractivity contribution is 4.67. The fraction of sp³-hybridized carbons (Fsp3) is 0.875. The van der Waals surface area contributed by atoms with Crippen LogP contribution in [-0.2, 0) is 4.74 Å². The summed E-state index contributed by atoms with van der Waals surface area (Å²) in [5.74, 6) is 0. The van der Waals surface area contributed by atoms with Gasteiger partial charge in [0.2, 0.25) is 0 Å². The first kappa shape index (κ1) is 8.96. The topological polar surface area (TPSA) is 9.23 Å². The van der Waals surface area contributed by atoms with E-state index >= 15 is 0 Å². The minimum atomic E-state index is -0.0178. The summed E-state index contributed by atoms with van der Waals surface area (Å²) in [5, 5.41) is 0. The van der Waals surface area contributed by atoms with Gasteiger partial charge in [-0.05, 0) is 20.3 Å². The van der Waals surface area contributed by atoms with Gasteiger partial charge in [-0.25, -0.2) is 0 Å². The molecule has 0 aromatic rings. The maximum absolute atomic E-state index is 4.99. The van der Waals surface area contributed by atoms with E-state index in [1.807, 2.05) is 0 Å². The Hall–Kier alpha value is -0.0400. The lowest BCUT2D eigenvalue weighted by Gasteiger charge is -2.21. The van der Waals surface area contributed by atoms with Crippen molar-refractivity contribution in [3.63, 3.8) is 0 Å². The van der Waals surface area contributed by atoms with Crippen molar-refractivity contribution in [1.82, 2.24) is 0 Å². The summed E-state index contributed by atoms with van der Waals surface area (Å²) in [6, 6.07) is 0. The molecule has 0 N–H and O–H groups in total. The van der Waals surface area contributed by atoms with Gasteiger partial charge in [0.05, 0.1) is 12.7 Å². The van der Waals surface area contributed by atoms with E-state index in [1.165, 1.54) is 12.8 Å². The average Bonchev–Trinajstić information content (AvgIpc) is 1.84. The van der Waals surface area contributed by atoms with E-state index < -0.39 is 0 Å². The molecule has 1 radical (unpaired) electrons. The van der Waals surface area contributed by atoms with E-state index in [4.69, 9.17) is 4.74 Å². The quantitative estimate of drug-likeness (QED) is 0.567. The molecular formula is C8H17O. The van der Waals surface area contributed by atoms with Crippen LogP contribution in [0.4, 0.5) is 0 Å². The van der Waals surface area contributed by atoms with Gasteiger partial charge in [0, 0.05) is 0 Å². The molecule has 0 aliphatic carbocycles. The van der Waals surface area contributed by atoms with Crippen molar-refractivity contribution in [2.45, 2.75) is 45.6 Å². The Morgan fingerprint density at radius 1 is 1.44 bits per heavy atom. The van der Waals surface area contributed by atoms with Gasteiger partial charge in [-0.2, -0.15) is 0 Å². The molecule has 9 heavy (non-hydrogen) atoms. The van der Waals surface area contributed by atoms with Gasteiger partial charge in [-0.3, -0.25) is 0 Å². The lowest BCUT2D eigenvalue weighted by molar-refractivity contribution is 0.0421. The van der Waals surface area contributed by atoms with Gasteiger partial charge in [0.1, 0.15) is 0 Å². The number of rotatable bonds is 4. The summed E-state index contributed by atoms with van der Waals surface area (Å²) >= 11 is 0. The minimum Gasteiger partial charge on any atom is -0.373 e. The second kappa shape index (κ2) is 3.89. The van der Waals surface area contributed by atoms with Crippen molar-refractivity contribution in [3.8, 4) is 0 Å². The standard InChI is InChI=1S/C8H17O/c1-5-6-7-8(2,3)9-4/h4-7H2,1-3H3. The molecule has 0 spiro atoms. The van der Waals surface area contributed by atoms with E-state index in [1.54, 1.807) is 0 Å². The van der Waals surface area contributed by atoms with Crippen molar-refractivity contribution in [1.29, 1.82) is 0 Å². The summed E-state index contributed by atoms with van der Waals surface area (Å²) in [5.41, 5.74) is -0.0178. The monoisotopic (exact) mass is 129 g/mol. The molecule has 0 aliphatic heterocycles. The SMILES string of the molecule is [CH2]OC(C)(C)CCCC. The van der Waals surface area contributed by atoms with Crippen molar-refractivity contribution in [2.75, 3.05) is 0 Å². The fourth-order valence-electron chi connectivity index (χ4n) is 0.675. The summed E-state index contributed by atoms with van der Waals surface area (Å²) in [6.07, 6.45) is 3.56. The first-order valence-corrected chi connectivity index (χ1v) is 3.55. The molecule has 0 aromatic carbocycles. The Balaban J connectivity index is 3.33. The van der Waals surface area contributed by atoms with E-state index in [0.717, 1.165) is 6.42 Å². The van der Waals surface area contributed by atoms with Crippen molar-refractivity contribution in [2.24, 2.45) is 0 Å². The zero-order valence-corrected chi connectivity index (χ0v) is 6.74. The number of hydrogen-bond donors (Lipinski definition) is 0. The molecule has 0 fully saturated rings. The Morgan fingerprint density at radius 3 is 2.33 bits per heavy atom. The third kappa shape index (κ3) is 4.46. The Bertz CT molecular complexity index is 67.0. The Kier molecular flexibility index (Phi) is 3.87. The maximum atomic E-state index is 4.99. The zero-order valence-electron chi connectivity index (χ0n) is 6.74. The van der Waals surface area contributed by atoms with E-state index in [-0.39, 0.29) is 5.60 Å². The molecule has 1 heteroatoms. The third-order valence-electron chi connectivity index (χ3n) is 1.52. The third-order valence-corrected chi connectivity index (χ3v) is 1.52. The van der Waals surface area contributed by atoms with Crippen LogP contribution in [0.5, 0.6) is 0 Å². The molecule has 0 saturated heterocycles. The second-order valence-electron chi connectivity index (χ2n) is 3.01. The van der Waals surface area contributed by atoms with Gasteiger partial charge in [-0.15, -0.1) is 0 Å². The maximum Gasteiger partial charge on any atom is 0.0708 e. The summed E-state index contributed by atoms with van der Waals surface area (Å²) < 4.78 is 4.99. The predicted octanol–water partition coefficient (Wildman–Crippen LogP) is 2.76. The number of unbranched alkanes of at least 4 members (excludes halogenated alkanes) is 1. The van der Waals surface area contributed by atoms with Crippen LogP contribution in [0.25, 0.3) is 0 Å². The zero-order chi connectivity index (χ0) is 7.33. The molecule has 0 rings (SSSR count). The molecule has 0 aliphatic rings. The number of ether oxygens (including phenoxy) is 1. The van der Waals surface area contributed by atoms with Gasteiger partial charge in [0.15, 0.2) is 0 Å². The van der Waals surface area contributed by atoms with Gasteiger partial charge in [0.25, 0.3) is 0 Å². The van der Waals surface area contributed by atoms with Crippen molar-refractivity contribution < 1.29 is 4.74 Å². The lowest BCUT2D eigenvalue weighted by atomic mass is 10.0. The molecule has 1 nitrogen and oxygen atoms in total. The molecule has 55 valence electrons. The first-order valence-electron chi connectivity index (χ1n) is 3.55. The normalized spacial score (nSPS) is 12.0. The van der Waals surface area contributed by atoms with Gasteiger partial charge < -0.3 is 4.74 Å². The molecule has 0 aromatic heterocycles. The molecule has 0 amide bonds.